The van der Waals surface area contributed by atoms with Gasteiger partial charge in [0.1, 0.15) is 0 Å². The Balaban J connectivity index is 2.42. The summed E-state index contributed by atoms with van der Waals surface area (Å²) in [6.45, 7) is 6.50. The summed E-state index contributed by atoms with van der Waals surface area (Å²) >= 11 is 0. The van der Waals surface area contributed by atoms with Gasteiger partial charge in [-0.1, -0.05) is 19.4 Å². The van der Waals surface area contributed by atoms with Gasteiger partial charge in [-0.3, -0.25) is 4.79 Å². The van der Waals surface area contributed by atoms with Gasteiger partial charge in [0.15, 0.2) is 5.78 Å². The van der Waals surface area contributed by atoms with Gasteiger partial charge < -0.3 is 0 Å². The third kappa shape index (κ3) is 0.688. The maximum atomic E-state index is 11.4. The van der Waals surface area contributed by atoms with Crippen LogP contribution in [0.15, 0.2) is 11.6 Å². The van der Waals surface area contributed by atoms with Crippen LogP contribution in [-0.2, 0) is 4.79 Å². The van der Waals surface area contributed by atoms with E-state index in [-0.39, 0.29) is 5.41 Å². The quantitative estimate of drug-likeness (QED) is 0.517. The van der Waals surface area contributed by atoms with Crippen molar-refractivity contribution in [2.24, 2.45) is 17.3 Å². The van der Waals surface area contributed by atoms with Crippen LogP contribution in [-0.4, -0.2) is 5.78 Å². The summed E-state index contributed by atoms with van der Waals surface area (Å²) < 4.78 is 0. The normalized spacial score (nSPS) is 39.5. The Hall–Kier alpha value is -0.590. The standard InChI is InChI=1S/C10H14O/c1-6-4-9(11)8-5-7(6)10(8,2)3/h4,7-8H,5H2,1-3H3/t7-,8-/m1/s1. The Morgan fingerprint density at radius 2 is 2.09 bits per heavy atom. The van der Waals surface area contributed by atoms with E-state index in [9.17, 15) is 4.79 Å². The summed E-state index contributed by atoms with van der Waals surface area (Å²) in [6.07, 6.45) is 2.94. The number of carbonyl (C=O) groups excluding carboxylic acids is 1. The van der Waals surface area contributed by atoms with E-state index in [2.05, 4.69) is 20.8 Å². The Kier molecular flexibility index (Phi) is 1.14. The van der Waals surface area contributed by atoms with Crippen molar-refractivity contribution in [3.8, 4) is 0 Å². The zero-order valence-electron chi connectivity index (χ0n) is 7.35. The van der Waals surface area contributed by atoms with Gasteiger partial charge in [0, 0.05) is 5.92 Å². The number of ketones is 1. The van der Waals surface area contributed by atoms with Crippen LogP contribution < -0.4 is 0 Å². The van der Waals surface area contributed by atoms with Crippen LogP contribution in [0.4, 0.5) is 0 Å². The third-order valence-electron chi connectivity index (χ3n) is 3.53. The molecule has 0 unspecified atom stereocenters. The van der Waals surface area contributed by atoms with Gasteiger partial charge in [-0.25, -0.2) is 0 Å². The molecule has 3 aliphatic rings. The third-order valence-corrected chi connectivity index (χ3v) is 3.53. The molecule has 1 heteroatoms. The minimum atomic E-state index is 0.260. The highest BCUT2D eigenvalue weighted by atomic mass is 16.1. The molecule has 11 heavy (non-hydrogen) atoms. The zero-order chi connectivity index (χ0) is 8.22. The molecular formula is C10H14O. The van der Waals surface area contributed by atoms with E-state index in [4.69, 9.17) is 0 Å². The molecule has 1 saturated carbocycles. The number of fused-ring (bicyclic) bond motifs is 1. The number of carbonyl (C=O) groups is 1. The van der Waals surface area contributed by atoms with Crippen LogP contribution in [0.3, 0.4) is 0 Å². The lowest BCUT2D eigenvalue weighted by Gasteiger charge is -2.54. The molecule has 2 atom stereocenters. The van der Waals surface area contributed by atoms with Gasteiger partial charge in [0.05, 0.1) is 0 Å². The zero-order valence-corrected chi connectivity index (χ0v) is 7.35. The lowest BCUT2D eigenvalue weighted by atomic mass is 9.49. The van der Waals surface area contributed by atoms with Crippen LogP contribution in [0.25, 0.3) is 0 Å². The summed E-state index contributed by atoms with van der Waals surface area (Å²) in [5, 5.41) is 0. The van der Waals surface area contributed by atoms with Crippen LogP contribution >= 0.6 is 0 Å². The van der Waals surface area contributed by atoms with Crippen LogP contribution in [0.5, 0.6) is 0 Å². The van der Waals surface area contributed by atoms with E-state index in [1.54, 1.807) is 0 Å². The first-order chi connectivity index (χ1) is 5.03. The van der Waals surface area contributed by atoms with Gasteiger partial charge in [-0.2, -0.15) is 0 Å². The molecule has 0 aliphatic heterocycles. The fourth-order valence-corrected chi connectivity index (χ4v) is 2.61. The lowest BCUT2D eigenvalue weighted by molar-refractivity contribution is -0.133. The molecule has 0 radical (unpaired) electrons. The van der Waals surface area contributed by atoms with Crippen molar-refractivity contribution >= 4 is 5.78 Å². The van der Waals surface area contributed by atoms with Crippen LogP contribution in [0.2, 0.25) is 0 Å². The summed E-state index contributed by atoms with van der Waals surface area (Å²) in [7, 11) is 0. The summed E-state index contributed by atoms with van der Waals surface area (Å²) in [5.74, 6) is 1.37. The largest absolute Gasteiger partial charge is 0.295 e. The van der Waals surface area contributed by atoms with Crippen molar-refractivity contribution in [1.82, 2.24) is 0 Å². The molecule has 0 aromatic rings. The Morgan fingerprint density at radius 1 is 1.45 bits per heavy atom. The highest BCUT2D eigenvalue weighted by Crippen LogP contribution is 2.57. The van der Waals surface area contributed by atoms with Gasteiger partial charge in [0.2, 0.25) is 0 Å². The van der Waals surface area contributed by atoms with Gasteiger partial charge in [-0.05, 0) is 30.8 Å². The molecule has 60 valence electrons. The second-order valence-electron chi connectivity index (χ2n) is 4.45. The molecule has 0 spiro atoms. The Morgan fingerprint density at radius 3 is 2.45 bits per heavy atom. The predicted molar refractivity (Wildman–Crippen MR) is 44.1 cm³/mol. The molecule has 0 heterocycles. The highest BCUT2D eigenvalue weighted by molar-refractivity contribution is 5.95. The van der Waals surface area contributed by atoms with Crippen molar-refractivity contribution in [3.05, 3.63) is 11.6 Å². The average Bonchev–Trinajstić information content (AvgIpc) is 1.84. The van der Waals surface area contributed by atoms with Crippen molar-refractivity contribution in [3.63, 3.8) is 0 Å². The van der Waals surface area contributed by atoms with Gasteiger partial charge in [0.25, 0.3) is 0 Å². The minimum Gasteiger partial charge on any atom is -0.295 e. The minimum absolute atomic E-state index is 0.260. The maximum Gasteiger partial charge on any atom is 0.159 e. The molecule has 0 N–H and O–H groups in total. The molecule has 1 nitrogen and oxygen atoms in total. The molecule has 1 fully saturated rings. The maximum absolute atomic E-state index is 11.4. The monoisotopic (exact) mass is 150 g/mol. The molecule has 2 bridgehead atoms. The van der Waals surface area contributed by atoms with Crippen molar-refractivity contribution in [1.29, 1.82) is 0 Å². The molecule has 3 rings (SSSR count). The second kappa shape index (κ2) is 1.77. The van der Waals surface area contributed by atoms with E-state index >= 15 is 0 Å². The Labute approximate surface area is 67.5 Å². The van der Waals surface area contributed by atoms with E-state index in [0.29, 0.717) is 17.6 Å². The number of hydrogen-bond donors (Lipinski definition) is 0. The molecular weight excluding hydrogens is 136 g/mol. The second-order valence-corrected chi connectivity index (χ2v) is 4.45. The van der Waals surface area contributed by atoms with E-state index < -0.39 is 0 Å². The fourth-order valence-electron chi connectivity index (χ4n) is 2.61. The summed E-state index contributed by atoms with van der Waals surface area (Å²) in [4.78, 5) is 11.4. The topological polar surface area (TPSA) is 17.1 Å². The summed E-state index contributed by atoms with van der Waals surface area (Å²) in [6, 6.07) is 0. The van der Waals surface area contributed by atoms with E-state index in [1.807, 2.05) is 6.08 Å². The van der Waals surface area contributed by atoms with E-state index in [1.165, 1.54) is 5.57 Å². The summed E-state index contributed by atoms with van der Waals surface area (Å²) in [5.41, 5.74) is 1.55. The first kappa shape index (κ1) is 7.08. The molecule has 0 saturated heterocycles. The van der Waals surface area contributed by atoms with Crippen molar-refractivity contribution in [2.45, 2.75) is 27.2 Å². The van der Waals surface area contributed by atoms with E-state index in [0.717, 1.165) is 6.42 Å². The number of allylic oxidation sites excluding steroid dienone is 2. The molecule has 3 aliphatic carbocycles. The van der Waals surface area contributed by atoms with Gasteiger partial charge >= 0.3 is 0 Å². The molecule has 0 aromatic heterocycles. The Bertz CT molecular complexity index is 248. The number of hydrogen-bond acceptors (Lipinski definition) is 1. The van der Waals surface area contributed by atoms with Crippen molar-refractivity contribution in [2.75, 3.05) is 0 Å². The lowest BCUT2D eigenvalue weighted by Crippen LogP contribution is -2.51. The smallest absolute Gasteiger partial charge is 0.159 e. The molecule has 0 amide bonds. The predicted octanol–water partition coefficient (Wildman–Crippen LogP) is 2.18. The fraction of sp³-hybridized carbons (Fsp3) is 0.700. The molecule has 0 aromatic carbocycles. The highest BCUT2D eigenvalue weighted by Gasteiger charge is 2.54. The average molecular weight is 150 g/mol. The number of rotatable bonds is 0. The van der Waals surface area contributed by atoms with Crippen LogP contribution in [0.1, 0.15) is 27.2 Å². The first-order valence-electron chi connectivity index (χ1n) is 4.25. The first-order valence-corrected chi connectivity index (χ1v) is 4.25. The SMILES string of the molecule is CC1=CC(=O)[C@H]2C[C@H]1C2(C)C. The van der Waals surface area contributed by atoms with Crippen LogP contribution in [0, 0.1) is 17.3 Å². The van der Waals surface area contributed by atoms with Crippen molar-refractivity contribution < 1.29 is 4.79 Å². The van der Waals surface area contributed by atoms with Gasteiger partial charge in [-0.15, -0.1) is 0 Å².